The average Bonchev–Trinajstić information content (AvgIpc) is 2.62. The lowest BCUT2D eigenvalue weighted by Crippen LogP contribution is -2.32. The van der Waals surface area contributed by atoms with Crippen LogP contribution in [0, 0.1) is 6.92 Å². The van der Waals surface area contributed by atoms with Gasteiger partial charge in [-0.25, -0.2) is 0 Å². The highest BCUT2D eigenvalue weighted by Crippen LogP contribution is 2.14. The van der Waals surface area contributed by atoms with Crippen molar-refractivity contribution in [3.63, 3.8) is 0 Å². The minimum atomic E-state index is -0.144. The zero-order valence-corrected chi connectivity index (χ0v) is 15.1. The van der Waals surface area contributed by atoms with Crippen molar-refractivity contribution in [3.05, 3.63) is 70.8 Å². The van der Waals surface area contributed by atoms with Crippen LogP contribution in [0.2, 0.25) is 0 Å². The maximum atomic E-state index is 12.1. The number of carbonyl (C=O) groups excluding carboxylic acids is 2. The third kappa shape index (κ3) is 5.45. The number of hydrogen-bond acceptors (Lipinski definition) is 2. The van der Waals surface area contributed by atoms with Gasteiger partial charge < -0.3 is 10.6 Å². The van der Waals surface area contributed by atoms with E-state index in [4.69, 9.17) is 0 Å². The summed E-state index contributed by atoms with van der Waals surface area (Å²) in [6, 6.07) is 15.6. The predicted molar refractivity (Wildman–Crippen MR) is 101 cm³/mol. The summed E-state index contributed by atoms with van der Waals surface area (Å²) in [5, 5.41) is 5.77. The van der Waals surface area contributed by atoms with E-state index in [0.717, 1.165) is 17.5 Å². The monoisotopic (exact) mass is 338 g/mol. The van der Waals surface area contributed by atoms with Crippen molar-refractivity contribution in [2.45, 2.75) is 39.7 Å². The second-order valence-corrected chi connectivity index (χ2v) is 6.21. The Hall–Kier alpha value is -2.62. The van der Waals surface area contributed by atoms with E-state index in [2.05, 4.69) is 29.7 Å². The van der Waals surface area contributed by atoms with Crippen molar-refractivity contribution >= 4 is 11.8 Å². The number of nitrogens with one attached hydrogen (secondary N) is 2. The smallest absolute Gasteiger partial charge is 0.251 e. The third-order valence-corrected chi connectivity index (χ3v) is 4.29. The molecule has 0 aliphatic rings. The highest BCUT2D eigenvalue weighted by molar-refractivity contribution is 5.95. The summed E-state index contributed by atoms with van der Waals surface area (Å²) in [5.41, 5.74) is 3.93. The van der Waals surface area contributed by atoms with E-state index < -0.39 is 0 Å². The van der Waals surface area contributed by atoms with Gasteiger partial charge in [0.05, 0.1) is 6.04 Å². The first-order valence-corrected chi connectivity index (χ1v) is 8.73. The van der Waals surface area contributed by atoms with Crippen molar-refractivity contribution in [1.29, 1.82) is 0 Å². The van der Waals surface area contributed by atoms with Crippen LogP contribution in [0.3, 0.4) is 0 Å². The fourth-order valence-corrected chi connectivity index (χ4v) is 2.65. The molecule has 0 aliphatic heterocycles. The summed E-state index contributed by atoms with van der Waals surface area (Å²) in [6.45, 7) is 6.30. The first kappa shape index (κ1) is 18.7. The first-order chi connectivity index (χ1) is 12.0. The van der Waals surface area contributed by atoms with Crippen LogP contribution in [0.15, 0.2) is 48.5 Å². The van der Waals surface area contributed by atoms with Gasteiger partial charge in [-0.1, -0.05) is 49.4 Å². The molecule has 0 saturated heterocycles. The number of rotatable bonds is 7. The summed E-state index contributed by atoms with van der Waals surface area (Å²) in [4.78, 5) is 24.2. The molecule has 25 heavy (non-hydrogen) atoms. The molecule has 2 N–H and O–H groups in total. The second kappa shape index (κ2) is 9.02. The van der Waals surface area contributed by atoms with Crippen molar-refractivity contribution < 1.29 is 9.59 Å². The van der Waals surface area contributed by atoms with E-state index in [1.54, 1.807) is 6.07 Å². The largest absolute Gasteiger partial charge is 0.352 e. The van der Waals surface area contributed by atoms with E-state index in [-0.39, 0.29) is 24.3 Å². The molecule has 2 aromatic carbocycles. The zero-order chi connectivity index (χ0) is 18.2. The minimum Gasteiger partial charge on any atom is -0.352 e. The standard InChI is InChI=1S/C21H26N2O2/c1-4-17-9-11-18(12-10-17)16(3)23-20(24)13-14-22-21(25)19-8-6-5-7-15(19)2/h5-12,16H,4,13-14H2,1-3H3,(H,22,25)(H,23,24). The predicted octanol–water partition coefficient (Wildman–Crippen LogP) is 3.55. The van der Waals surface area contributed by atoms with Crippen LogP contribution >= 0.6 is 0 Å². The molecule has 1 unspecified atom stereocenters. The first-order valence-electron chi connectivity index (χ1n) is 8.73. The molecule has 1 atom stereocenters. The topological polar surface area (TPSA) is 58.2 Å². The van der Waals surface area contributed by atoms with Crippen molar-refractivity contribution in [1.82, 2.24) is 10.6 Å². The highest BCUT2D eigenvalue weighted by atomic mass is 16.2. The van der Waals surface area contributed by atoms with Crippen LogP contribution in [0.5, 0.6) is 0 Å². The number of carbonyl (C=O) groups is 2. The fourth-order valence-electron chi connectivity index (χ4n) is 2.65. The van der Waals surface area contributed by atoms with Crippen LogP contribution in [0.1, 0.15) is 53.4 Å². The maximum absolute atomic E-state index is 12.1. The molecule has 2 aromatic rings. The van der Waals surface area contributed by atoms with Crippen LogP contribution in [0.25, 0.3) is 0 Å². The van der Waals surface area contributed by atoms with E-state index in [9.17, 15) is 9.59 Å². The second-order valence-electron chi connectivity index (χ2n) is 6.21. The van der Waals surface area contributed by atoms with Gasteiger partial charge in [0.2, 0.25) is 5.91 Å². The number of hydrogen-bond donors (Lipinski definition) is 2. The Morgan fingerprint density at radius 1 is 1.04 bits per heavy atom. The lowest BCUT2D eigenvalue weighted by atomic mass is 10.0. The summed E-state index contributed by atoms with van der Waals surface area (Å²) in [7, 11) is 0. The van der Waals surface area contributed by atoms with Gasteiger partial charge in [-0.15, -0.1) is 0 Å². The molecule has 0 heterocycles. The van der Waals surface area contributed by atoms with Gasteiger partial charge in [0.25, 0.3) is 5.91 Å². The Morgan fingerprint density at radius 3 is 2.36 bits per heavy atom. The Morgan fingerprint density at radius 2 is 1.72 bits per heavy atom. The average molecular weight is 338 g/mol. The normalized spacial score (nSPS) is 11.6. The van der Waals surface area contributed by atoms with Gasteiger partial charge in [0.15, 0.2) is 0 Å². The van der Waals surface area contributed by atoms with Crippen molar-refractivity contribution in [2.24, 2.45) is 0 Å². The Labute approximate surface area is 149 Å². The summed E-state index contributed by atoms with van der Waals surface area (Å²) in [5.74, 6) is -0.216. The Balaban J connectivity index is 1.78. The molecule has 0 fully saturated rings. The molecule has 2 rings (SSSR count). The SMILES string of the molecule is CCc1ccc(C(C)NC(=O)CCNC(=O)c2ccccc2C)cc1. The zero-order valence-electron chi connectivity index (χ0n) is 15.1. The van der Waals surface area contributed by atoms with Gasteiger partial charge in [0, 0.05) is 18.5 Å². The van der Waals surface area contributed by atoms with Gasteiger partial charge in [-0.05, 0) is 43.0 Å². The van der Waals surface area contributed by atoms with Crippen molar-refractivity contribution in [2.75, 3.05) is 6.54 Å². The van der Waals surface area contributed by atoms with E-state index in [1.807, 2.05) is 44.2 Å². The van der Waals surface area contributed by atoms with Gasteiger partial charge in [-0.3, -0.25) is 9.59 Å². The number of amides is 2. The van der Waals surface area contributed by atoms with Gasteiger partial charge in [-0.2, -0.15) is 0 Å². The summed E-state index contributed by atoms with van der Waals surface area (Å²) < 4.78 is 0. The quantitative estimate of drug-likeness (QED) is 0.811. The van der Waals surface area contributed by atoms with Crippen molar-refractivity contribution in [3.8, 4) is 0 Å². The van der Waals surface area contributed by atoms with Crippen LogP contribution in [0.4, 0.5) is 0 Å². The molecule has 0 radical (unpaired) electrons. The molecular weight excluding hydrogens is 312 g/mol. The fraction of sp³-hybridized carbons (Fsp3) is 0.333. The number of aryl methyl sites for hydroxylation is 2. The molecule has 4 nitrogen and oxygen atoms in total. The highest BCUT2D eigenvalue weighted by Gasteiger charge is 2.11. The molecule has 132 valence electrons. The lowest BCUT2D eigenvalue weighted by Gasteiger charge is -2.15. The van der Waals surface area contributed by atoms with Crippen LogP contribution in [-0.4, -0.2) is 18.4 Å². The molecule has 0 aliphatic carbocycles. The summed E-state index contributed by atoms with van der Waals surface area (Å²) in [6.07, 6.45) is 1.26. The van der Waals surface area contributed by atoms with E-state index in [0.29, 0.717) is 12.1 Å². The molecular formula is C21H26N2O2. The lowest BCUT2D eigenvalue weighted by molar-refractivity contribution is -0.121. The molecule has 0 bridgehead atoms. The van der Waals surface area contributed by atoms with Crippen LogP contribution < -0.4 is 10.6 Å². The molecule has 0 saturated carbocycles. The molecule has 2 amide bonds. The molecule has 0 aromatic heterocycles. The van der Waals surface area contributed by atoms with E-state index >= 15 is 0 Å². The Bertz CT molecular complexity index is 723. The van der Waals surface area contributed by atoms with E-state index in [1.165, 1.54) is 5.56 Å². The minimum absolute atomic E-state index is 0.0505. The Kier molecular flexibility index (Phi) is 6.75. The van der Waals surface area contributed by atoms with Gasteiger partial charge in [0.1, 0.15) is 0 Å². The van der Waals surface area contributed by atoms with Crippen LogP contribution in [-0.2, 0) is 11.2 Å². The molecule has 0 spiro atoms. The van der Waals surface area contributed by atoms with Gasteiger partial charge >= 0.3 is 0 Å². The summed E-state index contributed by atoms with van der Waals surface area (Å²) >= 11 is 0. The third-order valence-electron chi connectivity index (χ3n) is 4.29. The molecule has 4 heteroatoms. The maximum Gasteiger partial charge on any atom is 0.251 e. The number of benzene rings is 2.